The standard InChI is InChI=1S/C19H20N4/c1-3-15-9-11-17(12-10-15)23-19-13-18(20-14(2)21-19)22-16-7-5-4-6-8-16/h4-13H,3H2,1-2H3,(H2,20,21,22,23). The minimum atomic E-state index is 0.721. The number of hydrogen-bond acceptors (Lipinski definition) is 4. The molecule has 2 aromatic carbocycles. The number of nitrogens with one attached hydrogen (secondary N) is 2. The molecule has 4 nitrogen and oxygen atoms in total. The molecule has 0 aliphatic rings. The Morgan fingerprint density at radius 3 is 1.91 bits per heavy atom. The Morgan fingerprint density at radius 2 is 1.35 bits per heavy atom. The van der Waals surface area contributed by atoms with Gasteiger partial charge in [-0.15, -0.1) is 0 Å². The van der Waals surface area contributed by atoms with Crippen molar-refractivity contribution < 1.29 is 0 Å². The maximum atomic E-state index is 4.45. The molecule has 0 spiro atoms. The molecule has 3 aromatic rings. The van der Waals surface area contributed by atoms with Gasteiger partial charge in [-0.3, -0.25) is 0 Å². The molecule has 0 radical (unpaired) electrons. The van der Waals surface area contributed by atoms with Crippen molar-refractivity contribution in [1.29, 1.82) is 0 Å². The average molecular weight is 304 g/mol. The Labute approximate surface area is 136 Å². The van der Waals surface area contributed by atoms with Gasteiger partial charge < -0.3 is 10.6 Å². The van der Waals surface area contributed by atoms with E-state index in [1.165, 1.54) is 5.56 Å². The first kappa shape index (κ1) is 15.0. The third-order valence-corrected chi connectivity index (χ3v) is 3.52. The van der Waals surface area contributed by atoms with Crippen molar-refractivity contribution in [2.75, 3.05) is 10.6 Å². The van der Waals surface area contributed by atoms with Crippen LogP contribution in [0, 0.1) is 6.92 Å². The van der Waals surface area contributed by atoms with Gasteiger partial charge in [-0.05, 0) is 43.2 Å². The average Bonchev–Trinajstić information content (AvgIpc) is 2.56. The topological polar surface area (TPSA) is 49.8 Å². The van der Waals surface area contributed by atoms with E-state index in [0.29, 0.717) is 0 Å². The van der Waals surface area contributed by atoms with Crippen molar-refractivity contribution in [1.82, 2.24) is 9.97 Å². The number of rotatable bonds is 5. The molecule has 0 atom stereocenters. The van der Waals surface area contributed by atoms with Gasteiger partial charge in [-0.2, -0.15) is 0 Å². The van der Waals surface area contributed by atoms with Gasteiger partial charge in [0.1, 0.15) is 17.5 Å². The zero-order valence-corrected chi connectivity index (χ0v) is 13.4. The van der Waals surface area contributed by atoms with E-state index in [1.54, 1.807) is 0 Å². The number of aryl methyl sites for hydroxylation is 2. The Morgan fingerprint density at radius 1 is 0.783 bits per heavy atom. The zero-order chi connectivity index (χ0) is 16.1. The predicted octanol–water partition coefficient (Wildman–Crippen LogP) is 4.83. The van der Waals surface area contributed by atoms with Gasteiger partial charge in [0.25, 0.3) is 0 Å². The van der Waals surface area contributed by atoms with Crippen LogP contribution in [0.1, 0.15) is 18.3 Å². The summed E-state index contributed by atoms with van der Waals surface area (Å²) >= 11 is 0. The molecule has 3 rings (SSSR count). The van der Waals surface area contributed by atoms with Gasteiger partial charge in [-0.1, -0.05) is 37.3 Å². The molecule has 2 N–H and O–H groups in total. The molecular formula is C19H20N4. The number of aromatic nitrogens is 2. The van der Waals surface area contributed by atoms with Gasteiger partial charge in [0.05, 0.1) is 0 Å². The largest absolute Gasteiger partial charge is 0.340 e. The minimum Gasteiger partial charge on any atom is -0.340 e. The van der Waals surface area contributed by atoms with Gasteiger partial charge >= 0.3 is 0 Å². The zero-order valence-electron chi connectivity index (χ0n) is 13.4. The summed E-state index contributed by atoms with van der Waals surface area (Å²) in [6.45, 7) is 4.04. The molecule has 0 unspecified atom stereocenters. The van der Waals surface area contributed by atoms with Crippen LogP contribution in [0.3, 0.4) is 0 Å². The van der Waals surface area contributed by atoms with E-state index >= 15 is 0 Å². The maximum absolute atomic E-state index is 4.45. The second-order valence-corrected chi connectivity index (χ2v) is 5.35. The second-order valence-electron chi connectivity index (χ2n) is 5.35. The third-order valence-electron chi connectivity index (χ3n) is 3.52. The SMILES string of the molecule is CCc1ccc(Nc2cc(Nc3ccccc3)nc(C)n2)cc1. The fraction of sp³-hybridized carbons (Fsp3) is 0.158. The molecule has 23 heavy (non-hydrogen) atoms. The Bertz CT molecular complexity index is 767. The Hall–Kier alpha value is -2.88. The predicted molar refractivity (Wildman–Crippen MR) is 95.6 cm³/mol. The van der Waals surface area contributed by atoms with Crippen molar-refractivity contribution >= 4 is 23.0 Å². The normalized spacial score (nSPS) is 10.3. The van der Waals surface area contributed by atoms with E-state index < -0.39 is 0 Å². The van der Waals surface area contributed by atoms with Gasteiger partial charge in [-0.25, -0.2) is 9.97 Å². The molecular weight excluding hydrogens is 284 g/mol. The monoisotopic (exact) mass is 304 g/mol. The highest BCUT2D eigenvalue weighted by Gasteiger charge is 2.03. The summed E-state index contributed by atoms with van der Waals surface area (Å²) in [6.07, 6.45) is 1.04. The third kappa shape index (κ3) is 4.07. The minimum absolute atomic E-state index is 0.721. The number of hydrogen-bond donors (Lipinski definition) is 2. The molecule has 0 aliphatic carbocycles. The van der Waals surface area contributed by atoms with Crippen LogP contribution in [0.15, 0.2) is 60.7 Å². The number of para-hydroxylation sites is 1. The van der Waals surface area contributed by atoms with Crippen molar-refractivity contribution in [2.24, 2.45) is 0 Å². The van der Waals surface area contributed by atoms with Gasteiger partial charge in [0.2, 0.25) is 0 Å². The lowest BCUT2D eigenvalue weighted by Crippen LogP contribution is -2.01. The van der Waals surface area contributed by atoms with Crippen molar-refractivity contribution in [3.8, 4) is 0 Å². The molecule has 0 saturated heterocycles. The molecule has 116 valence electrons. The first-order chi connectivity index (χ1) is 11.2. The van der Waals surface area contributed by atoms with Crippen LogP contribution in [-0.2, 0) is 6.42 Å². The lowest BCUT2D eigenvalue weighted by atomic mass is 10.1. The van der Waals surface area contributed by atoms with Gasteiger partial charge in [0, 0.05) is 17.4 Å². The highest BCUT2D eigenvalue weighted by Crippen LogP contribution is 2.20. The first-order valence-electron chi connectivity index (χ1n) is 7.76. The highest BCUT2D eigenvalue weighted by atomic mass is 15.1. The lowest BCUT2D eigenvalue weighted by molar-refractivity contribution is 1.06. The molecule has 0 bridgehead atoms. The molecule has 4 heteroatoms. The van der Waals surface area contributed by atoms with E-state index in [-0.39, 0.29) is 0 Å². The Balaban J connectivity index is 1.79. The summed E-state index contributed by atoms with van der Waals surface area (Å²) in [4.78, 5) is 8.89. The van der Waals surface area contributed by atoms with Gasteiger partial charge in [0.15, 0.2) is 0 Å². The van der Waals surface area contributed by atoms with Crippen LogP contribution >= 0.6 is 0 Å². The van der Waals surface area contributed by atoms with E-state index in [2.05, 4.69) is 51.8 Å². The smallest absolute Gasteiger partial charge is 0.136 e. The van der Waals surface area contributed by atoms with Crippen LogP contribution in [0.5, 0.6) is 0 Å². The van der Waals surface area contributed by atoms with Crippen LogP contribution in [0.2, 0.25) is 0 Å². The van der Waals surface area contributed by atoms with Crippen LogP contribution in [0.25, 0.3) is 0 Å². The van der Waals surface area contributed by atoms with Crippen molar-refractivity contribution in [2.45, 2.75) is 20.3 Å². The summed E-state index contributed by atoms with van der Waals surface area (Å²) in [6, 6.07) is 20.3. The molecule has 0 saturated carbocycles. The number of nitrogens with zero attached hydrogens (tertiary/aromatic N) is 2. The summed E-state index contributed by atoms with van der Waals surface area (Å²) in [5.74, 6) is 2.27. The van der Waals surface area contributed by atoms with Crippen LogP contribution < -0.4 is 10.6 Å². The second kappa shape index (κ2) is 6.92. The molecule has 0 fully saturated rings. The molecule has 0 amide bonds. The van der Waals surface area contributed by atoms with Crippen molar-refractivity contribution in [3.05, 3.63) is 72.1 Å². The highest BCUT2D eigenvalue weighted by molar-refractivity contribution is 5.63. The van der Waals surface area contributed by atoms with Crippen LogP contribution in [0.4, 0.5) is 23.0 Å². The van der Waals surface area contributed by atoms with E-state index in [0.717, 1.165) is 35.3 Å². The van der Waals surface area contributed by atoms with E-state index in [4.69, 9.17) is 0 Å². The van der Waals surface area contributed by atoms with Crippen molar-refractivity contribution in [3.63, 3.8) is 0 Å². The number of anilines is 4. The Kier molecular flexibility index (Phi) is 4.52. The van der Waals surface area contributed by atoms with Crippen LogP contribution in [-0.4, -0.2) is 9.97 Å². The summed E-state index contributed by atoms with van der Waals surface area (Å²) in [5, 5.41) is 6.63. The molecule has 1 aromatic heterocycles. The lowest BCUT2D eigenvalue weighted by Gasteiger charge is -2.10. The fourth-order valence-corrected chi connectivity index (χ4v) is 2.34. The summed E-state index contributed by atoms with van der Waals surface area (Å²) in [5.41, 5.74) is 3.34. The summed E-state index contributed by atoms with van der Waals surface area (Å²) < 4.78 is 0. The number of benzene rings is 2. The maximum Gasteiger partial charge on any atom is 0.136 e. The molecule has 1 heterocycles. The fourth-order valence-electron chi connectivity index (χ4n) is 2.34. The first-order valence-corrected chi connectivity index (χ1v) is 7.76. The van der Waals surface area contributed by atoms with E-state index in [9.17, 15) is 0 Å². The molecule has 0 aliphatic heterocycles. The van der Waals surface area contributed by atoms with E-state index in [1.807, 2.05) is 43.3 Å². The quantitative estimate of drug-likeness (QED) is 0.708. The summed E-state index contributed by atoms with van der Waals surface area (Å²) in [7, 11) is 0.